The summed E-state index contributed by atoms with van der Waals surface area (Å²) in [7, 11) is 0. The van der Waals surface area contributed by atoms with Crippen LogP contribution >= 0.6 is 0 Å². The van der Waals surface area contributed by atoms with Crippen molar-refractivity contribution in [2.24, 2.45) is 11.8 Å². The van der Waals surface area contributed by atoms with E-state index in [1.165, 1.54) is 11.3 Å². The van der Waals surface area contributed by atoms with Gasteiger partial charge in [-0.15, -0.1) is 0 Å². The second kappa shape index (κ2) is 7.14. The molecular formula is C16H30N2O3. The van der Waals surface area contributed by atoms with Crippen molar-refractivity contribution in [2.45, 2.75) is 71.9 Å². The van der Waals surface area contributed by atoms with Gasteiger partial charge < -0.3 is 15.3 Å². The lowest BCUT2D eigenvalue weighted by atomic mass is 9.78. The molecule has 21 heavy (non-hydrogen) atoms. The van der Waals surface area contributed by atoms with Gasteiger partial charge in [0, 0.05) is 12.6 Å². The van der Waals surface area contributed by atoms with Crippen LogP contribution in [0.15, 0.2) is 0 Å². The van der Waals surface area contributed by atoms with Gasteiger partial charge in [-0.3, -0.25) is 0 Å². The Morgan fingerprint density at radius 3 is 2.33 bits per heavy atom. The van der Waals surface area contributed by atoms with Crippen LogP contribution < -0.4 is 5.32 Å². The largest absolute Gasteiger partial charge is 0.480 e. The van der Waals surface area contributed by atoms with Crippen molar-refractivity contribution in [2.75, 3.05) is 6.54 Å². The lowest BCUT2D eigenvalue weighted by Gasteiger charge is -2.39. The Labute approximate surface area is 128 Å². The van der Waals surface area contributed by atoms with E-state index in [4.69, 9.17) is 0 Å². The fourth-order valence-electron chi connectivity index (χ4n) is 3.28. The van der Waals surface area contributed by atoms with Gasteiger partial charge in [0.1, 0.15) is 5.54 Å². The van der Waals surface area contributed by atoms with E-state index in [0.717, 1.165) is 19.3 Å². The van der Waals surface area contributed by atoms with Crippen molar-refractivity contribution < 1.29 is 14.7 Å². The van der Waals surface area contributed by atoms with Gasteiger partial charge >= 0.3 is 12.0 Å². The molecule has 0 heterocycles. The minimum atomic E-state index is -1.19. The fraction of sp³-hybridized carbons (Fsp3) is 0.875. The molecule has 2 unspecified atom stereocenters. The molecule has 0 aliphatic heterocycles. The number of carboxylic acids is 1. The first-order valence-electron chi connectivity index (χ1n) is 8.03. The third kappa shape index (κ3) is 4.11. The molecule has 5 nitrogen and oxygen atoms in total. The van der Waals surface area contributed by atoms with Crippen LogP contribution in [0, 0.1) is 11.8 Å². The molecule has 1 aliphatic rings. The normalized spacial score (nSPS) is 23.0. The lowest BCUT2D eigenvalue weighted by Crippen LogP contribution is -2.58. The van der Waals surface area contributed by atoms with Crippen molar-refractivity contribution in [3.8, 4) is 0 Å². The van der Waals surface area contributed by atoms with Crippen LogP contribution in [0.25, 0.3) is 0 Å². The van der Waals surface area contributed by atoms with Crippen molar-refractivity contribution in [3.05, 3.63) is 0 Å². The monoisotopic (exact) mass is 298 g/mol. The van der Waals surface area contributed by atoms with Crippen LogP contribution in [0.1, 0.15) is 60.3 Å². The summed E-state index contributed by atoms with van der Waals surface area (Å²) in [6.45, 7) is 9.70. The van der Waals surface area contributed by atoms with E-state index in [9.17, 15) is 14.7 Å². The van der Waals surface area contributed by atoms with Gasteiger partial charge in [-0.05, 0) is 45.4 Å². The predicted octanol–water partition coefficient (Wildman–Crippen LogP) is 3.10. The highest BCUT2D eigenvalue weighted by molar-refractivity contribution is 5.85. The lowest BCUT2D eigenvalue weighted by molar-refractivity contribution is -0.147. The van der Waals surface area contributed by atoms with E-state index >= 15 is 0 Å². The summed E-state index contributed by atoms with van der Waals surface area (Å²) in [6, 6.07) is -0.104. The van der Waals surface area contributed by atoms with Gasteiger partial charge in [0.2, 0.25) is 0 Å². The van der Waals surface area contributed by atoms with Crippen LogP contribution in [0.3, 0.4) is 0 Å². The number of carbonyl (C=O) groups is 2. The first-order chi connectivity index (χ1) is 9.71. The summed E-state index contributed by atoms with van der Waals surface area (Å²) in [5, 5.41) is 12.4. The Hall–Kier alpha value is -1.26. The summed E-state index contributed by atoms with van der Waals surface area (Å²) >= 11 is 0. The van der Waals surface area contributed by atoms with E-state index < -0.39 is 11.5 Å². The third-order valence-electron chi connectivity index (χ3n) is 4.74. The zero-order chi connectivity index (χ0) is 16.2. The van der Waals surface area contributed by atoms with Crippen molar-refractivity contribution in [1.29, 1.82) is 0 Å². The topological polar surface area (TPSA) is 69.6 Å². The van der Waals surface area contributed by atoms with Crippen LogP contribution in [0.2, 0.25) is 0 Å². The first-order valence-corrected chi connectivity index (χ1v) is 8.03. The second-order valence-corrected chi connectivity index (χ2v) is 6.86. The molecule has 0 aromatic heterocycles. The van der Waals surface area contributed by atoms with E-state index in [1.54, 1.807) is 13.8 Å². The molecule has 0 spiro atoms. The summed E-state index contributed by atoms with van der Waals surface area (Å²) in [4.78, 5) is 25.3. The Morgan fingerprint density at radius 1 is 1.29 bits per heavy atom. The molecule has 0 radical (unpaired) electrons. The van der Waals surface area contributed by atoms with Crippen molar-refractivity contribution >= 4 is 12.0 Å². The molecule has 1 saturated carbocycles. The van der Waals surface area contributed by atoms with E-state index in [0.29, 0.717) is 18.4 Å². The zero-order valence-corrected chi connectivity index (χ0v) is 14.0. The fourth-order valence-corrected chi connectivity index (χ4v) is 3.28. The minimum absolute atomic E-state index is 0.157. The number of hydrogen-bond donors (Lipinski definition) is 2. The van der Waals surface area contributed by atoms with Gasteiger partial charge in [-0.1, -0.05) is 26.7 Å². The maximum atomic E-state index is 12.5. The van der Waals surface area contributed by atoms with Gasteiger partial charge in [0.05, 0.1) is 0 Å². The first kappa shape index (κ1) is 17.8. The summed E-state index contributed by atoms with van der Waals surface area (Å²) < 4.78 is 0. The van der Waals surface area contributed by atoms with Gasteiger partial charge in [-0.25, -0.2) is 9.59 Å². The van der Waals surface area contributed by atoms with Crippen molar-refractivity contribution in [1.82, 2.24) is 10.2 Å². The van der Waals surface area contributed by atoms with E-state index in [-0.39, 0.29) is 12.1 Å². The Balaban J connectivity index is 2.79. The molecule has 2 atom stereocenters. The van der Waals surface area contributed by atoms with Crippen molar-refractivity contribution in [3.63, 3.8) is 0 Å². The highest BCUT2D eigenvalue weighted by atomic mass is 16.4. The molecule has 0 aromatic carbocycles. The smallest absolute Gasteiger partial charge is 0.329 e. The molecule has 5 heteroatoms. The number of carboxylic acid groups (broad SMARTS) is 1. The maximum absolute atomic E-state index is 12.5. The number of rotatable bonds is 5. The highest BCUT2D eigenvalue weighted by Gasteiger charge is 2.38. The molecular weight excluding hydrogens is 268 g/mol. The van der Waals surface area contributed by atoms with Crippen LogP contribution in [-0.2, 0) is 4.79 Å². The number of likely N-dealkylation sites (N-methyl/N-ethyl adjacent to an activating group) is 1. The molecule has 122 valence electrons. The number of hydrogen-bond acceptors (Lipinski definition) is 2. The highest BCUT2D eigenvalue weighted by Crippen LogP contribution is 2.30. The Bertz CT molecular complexity index is 380. The molecule has 0 aromatic rings. The molecule has 2 amide bonds. The summed E-state index contributed by atoms with van der Waals surface area (Å²) in [5.74, 6) is 0.0241. The summed E-state index contributed by atoms with van der Waals surface area (Å²) in [6.07, 6.45) is 4.46. The third-order valence-corrected chi connectivity index (χ3v) is 4.74. The molecule has 2 N–H and O–H groups in total. The SMILES string of the molecule is CCN(C(=O)NC1CCCCC1C(C)C)C(C)(C)C(=O)O. The molecule has 1 fully saturated rings. The average Bonchev–Trinajstić information content (AvgIpc) is 2.39. The number of nitrogens with zero attached hydrogens (tertiary/aromatic N) is 1. The predicted molar refractivity (Wildman–Crippen MR) is 83.2 cm³/mol. The molecule has 0 saturated heterocycles. The molecule has 1 aliphatic carbocycles. The number of carbonyl (C=O) groups excluding carboxylic acids is 1. The Morgan fingerprint density at radius 2 is 1.86 bits per heavy atom. The van der Waals surface area contributed by atoms with Gasteiger partial charge in [0.25, 0.3) is 0 Å². The van der Waals surface area contributed by atoms with E-state index in [2.05, 4.69) is 19.2 Å². The quantitative estimate of drug-likeness (QED) is 0.819. The van der Waals surface area contributed by atoms with Gasteiger partial charge in [0.15, 0.2) is 0 Å². The summed E-state index contributed by atoms with van der Waals surface area (Å²) in [5.41, 5.74) is -1.19. The standard InChI is InChI=1S/C16H30N2O3/c1-6-18(16(4,5)14(19)20)15(21)17-13-10-8-7-9-12(13)11(2)3/h11-13H,6-10H2,1-5H3,(H,17,21)(H,19,20). The van der Waals surface area contributed by atoms with E-state index in [1.807, 2.05) is 6.92 Å². The van der Waals surface area contributed by atoms with Gasteiger partial charge in [-0.2, -0.15) is 0 Å². The molecule has 1 rings (SSSR count). The molecule has 0 bridgehead atoms. The second-order valence-electron chi connectivity index (χ2n) is 6.86. The van der Waals surface area contributed by atoms with Crippen LogP contribution in [0.4, 0.5) is 4.79 Å². The van der Waals surface area contributed by atoms with Crippen LogP contribution in [0.5, 0.6) is 0 Å². The Kier molecular flexibility index (Phi) is 6.05. The number of urea groups is 1. The van der Waals surface area contributed by atoms with Crippen LogP contribution in [-0.4, -0.2) is 40.1 Å². The average molecular weight is 298 g/mol. The maximum Gasteiger partial charge on any atom is 0.329 e. The zero-order valence-electron chi connectivity index (χ0n) is 14.0. The minimum Gasteiger partial charge on any atom is -0.480 e. The number of aliphatic carboxylic acids is 1. The number of amides is 2. The number of nitrogens with one attached hydrogen (secondary N) is 1.